The molecule has 2 rings (SSSR count). The molecule has 0 radical (unpaired) electrons. The summed E-state index contributed by atoms with van der Waals surface area (Å²) in [6, 6.07) is 8.02. The third-order valence-electron chi connectivity index (χ3n) is 3.10. The largest absolute Gasteiger partial charge is 0.348 e. The smallest absolute Gasteiger partial charge is 0.237 e. The quantitative estimate of drug-likeness (QED) is 0.791. The minimum Gasteiger partial charge on any atom is -0.348 e. The second-order valence-corrected chi connectivity index (χ2v) is 4.44. The van der Waals surface area contributed by atoms with E-state index in [1.807, 2.05) is 6.07 Å². The van der Waals surface area contributed by atoms with Gasteiger partial charge in [-0.1, -0.05) is 24.3 Å². The fraction of sp³-hybridized carbons (Fsp3) is 0.462. The predicted molar refractivity (Wildman–Crippen MR) is 63.9 cm³/mol. The second kappa shape index (κ2) is 4.66. The van der Waals surface area contributed by atoms with Crippen molar-refractivity contribution in [1.82, 2.24) is 5.32 Å². The van der Waals surface area contributed by atoms with Gasteiger partial charge in [-0.15, -0.1) is 0 Å². The normalized spacial score (nSPS) is 21.0. The first-order valence-electron chi connectivity index (χ1n) is 5.82. The molecule has 1 aliphatic rings. The highest BCUT2D eigenvalue weighted by molar-refractivity contribution is 5.81. The molecule has 0 saturated carbocycles. The fourth-order valence-corrected chi connectivity index (χ4v) is 2.21. The summed E-state index contributed by atoms with van der Waals surface area (Å²) in [5, 5.41) is 3.01. The second-order valence-electron chi connectivity index (χ2n) is 4.44. The van der Waals surface area contributed by atoms with E-state index in [0.29, 0.717) is 0 Å². The summed E-state index contributed by atoms with van der Waals surface area (Å²) in [4.78, 5) is 11.6. The van der Waals surface area contributed by atoms with E-state index in [4.69, 9.17) is 5.73 Å². The molecule has 3 heteroatoms. The number of nitrogens with one attached hydrogen (secondary N) is 1. The molecule has 0 spiro atoms. The Labute approximate surface area is 96.0 Å². The number of aryl methyl sites for hydroxylation is 1. The zero-order valence-corrected chi connectivity index (χ0v) is 9.57. The molecule has 86 valence electrons. The molecule has 0 aliphatic heterocycles. The Balaban J connectivity index is 2.16. The van der Waals surface area contributed by atoms with Gasteiger partial charge in [0.2, 0.25) is 5.91 Å². The van der Waals surface area contributed by atoms with Crippen molar-refractivity contribution in [3.05, 3.63) is 35.4 Å². The summed E-state index contributed by atoms with van der Waals surface area (Å²) in [5.74, 6) is -0.0679. The molecule has 0 bridgehead atoms. The van der Waals surface area contributed by atoms with E-state index in [2.05, 4.69) is 23.5 Å². The molecule has 2 atom stereocenters. The van der Waals surface area contributed by atoms with Crippen molar-refractivity contribution < 1.29 is 4.79 Å². The topological polar surface area (TPSA) is 55.1 Å². The van der Waals surface area contributed by atoms with Crippen LogP contribution >= 0.6 is 0 Å². The van der Waals surface area contributed by atoms with Crippen molar-refractivity contribution in [1.29, 1.82) is 0 Å². The maximum Gasteiger partial charge on any atom is 0.237 e. The van der Waals surface area contributed by atoms with Crippen LogP contribution in [0.15, 0.2) is 24.3 Å². The number of carbonyl (C=O) groups excluding carboxylic acids is 1. The van der Waals surface area contributed by atoms with E-state index in [1.165, 1.54) is 11.1 Å². The molecular formula is C13H18N2O. The number of hydrogen-bond donors (Lipinski definition) is 2. The first-order valence-corrected chi connectivity index (χ1v) is 5.82. The van der Waals surface area contributed by atoms with Crippen molar-refractivity contribution in [2.45, 2.75) is 38.3 Å². The number of amides is 1. The Kier molecular flexibility index (Phi) is 3.25. The number of carbonyl (C=O) groups is 1. The Morgan fingerprint density at radius 1 is 1.50 bits per heavy atom. The molecule has 0 aromatic heterocycles. The molecule has 1 aliphatic carbocycles. The summed E-state index contributed by atoms with van der Waals surface area (Å²) in [6.07, 6.45) is 3.25. The summed E-state index contributed by atoms with van der Waals surface area (Å²) in [5.41, 5.74) is 8.16. The molecule has 1 aromatic rings. The van der Waals surface area contributed by atoms with Gasteiger partial charge in [-0.2, -0.15) is 0 Å². The Morgan fingerprint density at radius 3 is 3.00 bits per heavy atom. The summed E-state index contributed by atoms with van der Waals surface area (Å²) in [7, 11) is 0. The third-order valence-corrected chi connectivity index (χ3v) is 3.10. The van der Waals surface area contributed by atoms with E-state index in [-0.39, 0.29) is 11.9 Å². The van der Waals surface area contributed by atoms with Gasteiger partial charge in [-0.05, 0) is 37.3 Å². The van der Waals surface area contributed by atoms with Crippen LogP contribution in [0.3, 0.4) is 0 Å². The van der Waals surface area contributed by atoms with Gasteiger partial charge in [0.1, 0.15) is 0 Å². The lowest BCUT2D eigenvalue weighted by atomic mass is 9.87. The highest BCUT2D eigenvalue weighted by Crippen LogP contribution is 2.29. The number of fused-ring (bicyclic) bond motifs is 1. The lowest BCUT2D eigenvalue weighted by molar-refractivity contribution is -0.122. The SMILES string of the molecule is C[C@@H](N)C(=O)NC1CCCc2ccccc21. The van der Waals surface area contributed by atoms with Crippen molar-refractivity contribution in [3.8, 4) is 0 Å². The predicted octanol–water partition coefficient (Wildman–Crippen LogP) is 1.53. The monoisotopic (exact) mass is 218 g/mol. The van der Waals surface area contributed by atoms with Crippen molar-refractivity contribution >= 4 is 5.91 Å². The van der Waals surface area contributed by atoms with Gasteiger partial charge in [0.05, 0.1) is 12.1 Å². The number of benzene rings is 1. The molecule has 1 amide bonds. The minimum absolute atomic E-state index is 0.0679. The van der Waals surface area contributed by atoms with Crippen LogP contribution < -0.4 is 11.1 Å². The van der Waals surface area contributed by atoms with Gasteiger partial charge in [0.25, 0.3) is 0 Å². The average molecular weight is 218 g/mol. The number of nitrogens with two attached hydrogens (primary N) is 1. The summed E-state index contributed by atoms with van der Waals surface area (Å²) >= 11 is 0. The van der Waals surface area contributed by atoms with E-state index < -0.39 is 6.04 Å². The Morgan fingerprint density at radius 2 is 2.25 bits per heavy atom. The van der Waals surface area contributed by atoms with Crippen LogP contribution in [-0.2, 0) is 11.2 Å². The molecule has 0 saturated heterocycles. The molecule has 0 heterocycles. The highest BCUT2D eigenvalue weighted by atomic mass is 16.2. The van der Waals surface area contributed by atoms with Gasteiger partial charge in [-0.3, -0.25) is 4.79 Å². The first kappa shape index (κ1) is 11.1. The molecule has 3 nitrogen and oxygen atoms in total. The summed E-state index contributed by atoms with van der Waals surface area (Å²) in [6.45, 7) is 1.71. The van der Waals surface area contributed by atoms with E-state index in [1.54, 1.807) is 6.92 Å². The Bertz CT molecular complexity index is 387. The van der Waals surface area contributed by atoms with Gasteiger partial charge >= 0.3 is 0 Å². The molecule has 3 N–H and O–H groups in total. The van der Waals surface area contributed by atoms with E-state index in [9.17, 15) is 4.79 Å². The molecule has 0 fully saturated rings. The highest BCUT2D eigenvalue weighted by Gasteiger charge is 2.22. The van der Waals surface area contributed by atoms with Crippen LogP contribution in [0.5, 0.6) is 0 Å². The van der Waals surface area contributed by atoms with Crippen molar-refractivity contribution in [2.75, 3.05) is 0 Å². The lowest BCUT2D eigenvalue weighted by Crippen LogP contribution is -2.41. The zero-order valence-electron chi connectivity index (χ0n) is 9.57. The summed E-state index contributed by atoms with van der Waals surface area (Å²) < 4.78 is 0. The van der Waals surface area contributed by atoms with Gasteiger partial charge in [0.15, 0.2) is 0 Å². The maximum atomic E-state index is 11.6. The number of hydrogen-bond acceptors (Lipinski definition) is 2. The first-order chi connectivity index (χ1) is 7.68. The van der Waals surface area contributed by atoms with Crippen molar-refractivity contribution in [3.63, 3.8) is 0 Å². The van der Waals surface area contributed by atoms with Gasteiger partial charge in [-0.25, -0.2) is 0 Å². The van der Waals surface area contributed by atoms with Gasteiger partial charge in [0, 0.05) is 0 Å². The van der Waals surface area contributed by atoms with Crippen LogP contribution in [0.1, 0.15) is 36.9 Å². The van der Waals surface area contributed by atoms with E-state index >= 15 is 0 Å². The van der Waals surface area contributed by atoms with E-state index in [0.717, 1.165) is 19.3 Å². The number of rotatable bonds is 2. The minimum atomic E-state index is -0.436. The third kappa shape index (κ3) is 2.25. The van der Waals surface area contributed by atoms with Crippen LogP contribution in [0.2, 0.25) is 0 Å². The molecule has 1 unspecified atom stereocenters. The van der Waals surface area contributed by atoms with Crippen LogP contribution in [-0.4, -0.2) is 11.9 Å². The van der Waals surface area contributed by atoms with Crippen molar-refractivity contribution in [2.24, 2.45) is 5.73 Å². The maximum absolute atomic E-state index is 11.6. The van der Waals surface area contributed by atoms with Gasteiger partial charge < -0.3 is 11.1 Å². The standard InChI is InChI=1S/C13H18N2O/c1-9(14)13(16)15-12-8-4-6-10-5-2-3-7-11(10)12/h2-3,5,7,9,12H,4,6,8,14H2,1H3,(H,15,16)/t9-,12?/m1/s1. The zero-order chi connectivity index (χ0) is 11.5. The van der Waals surface area contributed by atoms with Crippen LogP contribution in [0.25, 0.3) is 0 Å². The molecular weight excluding hydrogens is 200 g/mol. The van der Waals surface area contributed by atoms with Crippen LogP contribution in [0.4, 0.5) is 0 Å². The fourth-order valence-electron chi connectivity index (χ4n) is 2.21. The van der Waals surface area contributed by atoms with Crippen LogP contribution in [0, 0.1) is 0 Å². The Hall–Kier alpha value is -1.35. The molecule has 16 heavy (non-hydrogen) atoms. The average Bonchev–Trinajstić information content (AvgIpc) is 2.29. The lowest BCUT2D eigenvalue weighted by Gasteiger charge is -2.26. The molecule has 1 aromatic carbocycles.